The summed E-state index contributed by atoms with van der Waals surface area (Å²) < 4.78 is 37.2. The highest BCUT2D eigenvalue weighted by Crippen LogP contribution is 2.22. The molecule has 1 rings (SSSR count). The van der Waals surface area contributed by atoms with Crippen molar-refractivity contribution in [1.82, 2.24) is 10.3 Å². The maximum absolute atomic E-state index is 12.4. The molecule has 0 bridgehead atoms. The molecule has 1 unspecified atom stereocenters. The number of nitrogens with zero attached hydrogens (tertiary/aromatic N) is 1. The Hall–Kier alpha value is -1.10. The molecule has 0 aliphatic heterocycles. The lowest BCUT2D eigenvalue weighted by Gasteiger charge is -2.19. The van der Waals surface area contributed by atoms with Crippen LogP contribution >= 0.6 is 0 Å². The third-order valence-electron chi connectivity index (χ3n) is 2.72. The fourth-order valence-electron chi connectivity index (χ4n) is 1.82. The van der Waals surface area contributed by atoms with E-state index in [1.165, 1.54) is 0 Å². The Kier molecular flexibility index (Phi) is 5.59. The summed E-state index contributed by atoms with van der Waals surface area (Å²) >= 11 is 0. The van der Waals surface area contributed by atoms with Crippen LogP contribution in [0.5, 0.6) is 0 Å². The third kappa shape index (κ3) is 5.49. The summed E-state index contributed by atoms with van der Waals surface area (Å²) in [5, 5.41) is 2.86. The molecule has 0 aliphatic carbocycles. The first kappa shape index (κ1) is 15.0. The number of rotatable bonds is 6. The van der Waals surface area contributed by atoms with Gasteiger partial charge in [-0.15, -0.1) is 0 Å². The number of halogens is 3. The molecule has 0 radical (unpaired) electrons. The van der Waals surface area contributed by atoms with Crippen LogP contribution in [0, 0.1) is 0 Å². The summed E-state index contributed by atoms with van der Waals surface area (Å²) in [7, 11) is 0. The van der Waals surface area contributed by atoms with Crippen LogP contribution in [0.1, 0.15) is 31.5 Å². The van der Waals surface area contributed by atoms with E-state index in [1.807, 2.05) is 13.0 Å². The highest BCUT2D eigenvalue weighted by molar-refractivity contribution is 5.14. The smallest absolute Gasteiger partial charge is 0.314 e. The zero-order valence-electron chi connectivity index (χ0n) is 10.7. The molecule has 0 fully saturated rings. The van der Waals surface area contributed by atoms with E-state index in [0.29, 0.717) is 18.7 Å². The monoisotopic (exact) mass is 260 g/mol. The Bertz CT molecular complexity index is 346. The SMILES string of the molecule is CCNC(Cc1ccc(CC)cn1)CC(F)(F)F. The number of hydrogen-bond acceptors (Lipinski definition) is 2. The van der Waals surface area contributed by atoms with Gasteiger partial charge in [-0.1, -0.05) is 19.9 Å². The summed E-state index contributed by atoms with van der Waals surface area (Å²) in [4.78, 5) is 4.19. The fraction of sp³-hybridized carbons (Fsp3) is 0.615. The van der Waals surface area contributed by atoms with E-state index < -0.39 is 18.6 Å². The fourth-order valence-corrected chi connectivity index (χ4v) is 1.82. The first-order valence-electron chi connectivity index (χ1n) is 6.18. The quantitative estimate of drug-likeness (QED) is 0.850. The molecule has 1 heterocycles. The van der Waals surface area contributed by atoms with Crippen LogP contribution in [0.25, 0.3) is 0 Å². The van der Waals surface area contributed by atoms with Gasteiger partial charge in [-0.05, 0) is 24.6 Å². The zero-order chi connectivity index (χ0) is 13.6. The number of aromatic nitrogens is 1. The van der Waals surface area contributed by atoms with Gasteiger partial charge in [0.15, 0.2) is 0 Å². The maximum atomic E-state index is 12.4. The lowest BCUT2D eigenvalue weighted by Crippen LogP contribution is -2.35. The summed E-state index contributed by atoms with van der Waals surface area (Å²) in [5.74, 6) is 0. The molecule has 1 aromatic heterocycles. The van der Waals surface area contributed by atoms with Crippen molar-refractivity contribution >= 4 is 0 Å². The Morgan fingerprint density at radius 3 is 2.44 bits per heavy atom. The van der Waals surface area contributed by atoms with Crippen molar-refractivity contribution in [3.8, 4) is 0 Å². The number of alkyl halides is 3. The molecule has 0 aromatic carbocycles. The van der Waals surface area contributed by atoms with Crippen LogP contribution < -0.4 is 5.32 Å². The van der Waals surface area contributed by atoms with Crippen molar-refractivity contribution in [2.24, 2.45) is 0 Å². The van der Waals surface area contributed by atoms with Gasteiger partial charge in [0.05, 0.1) is 6.42 Å². The van der Waals surface area contributed by atoms with Crippen LogP contribution in [0.4, 0.5) is 13.2 Å². The first-order valence-corrected chi connectivity index (χ1v) is 6.18. The van der Waals surface area contributed by atoms with Crippen LogP contribution in [-0.4, -0.2) is 23.7 Å². The molecule has 1 atom stereocenters. The second kappa shape index (κ2) is 6.73. The van der Waals surface area contributed by atoms with Crippen molar-refractivity contribution in [1.29, 1.82) is 0 Å². The molecule has 102 valence electrons. The number of hydrogen-bond donors (Lipinski definition) is 1. The van der Waals surface area contributed by atoms with E-state index in [2.05, 4.69) is 10.3 Å². The molecule has 0 spiro atoms. The molecule has 1 N–H and O–H groups in total. The molecule has 5 heteroatoms. The Labute approximate surface area is 106 Å². The van der Waals surface area contributed by atoms with E-state index in [4.69, 9.17) is 0 Å². The Morgan fingerprint density at radius 2 is 2.00 bits per heavy atom. The Balaban J connectivity index is 2.64. The summed E-state index contributed by atoms with van der Waals surface area (Å²) in [5.41, 5.74) is 1.79. The number of pyridine rings is 1. The maximum Gasteiger partial charge on any atom is 0.390 e. The third-order valence-corrected chi connectivity index (χ3v) is 2.72. The topological polar surface area (TPSA) is 24.9 Å². The van der Waals surface area contributed by atoms with Crippen LogP contribution in [0.15, 0.2) is 18.3 Å². The normalized spacial score (nSPS) is 13.6. The van der Waals surface area contributed by atoms with Gasteiger partial charge in [-0.25, -0.2) is 0 Å². The van der Waals surface area contributed by atoms with Gasteiger partial charge in [-0.3, -0.25) is 4.98 Å². The van der Waals surface area contributed by atoms with Gasteiger partial charge in [0, 0.05) is 24.4 Å². The van der Waals surface area contributed by atoms with Gasteiger partial charge in [0.2, 0.25) is 0 Å². The molecule has 0 saturated carbocycles. The van der Waals surface area contributed by atoms with E-state index in [-0.39, 0.29) is 0 Å². The number of likely N-dealkylation sites (N-methyl/N-ethyl adjacent to an activating group) is 1. The molecular weight excluding hydrogens is 241 g/mol. The molecule has 18 heavy (non-hydrogen) atoms. The van der Waals surface area contributed by atoms with Crippen LogP contribution in [0.3, 0.4) is 0 Å². The number of nitrogens with one attached hydrogen (secondary N) is 1. The van der Waals surface area contributed by atoms with Gasteiger partial charge >= 0.3 is 6.18 Å². The van der Waals surface area contributed by atoms with Crippen molar-refractivity contribution < 1.29 is 13.2 Å². The van der Waals surface area contributed by atoms with Crippen molar-refractivity contribution in [2.75, 3.05) is 6.54 Å². The van der Waals surface area contributed by atoms with E-state index in [0.717, 1.165) is 12.0 Å². The van der Waals surface area contributed by atoms with Gasteiger partial charge < -0.3 is 5.32 Å². The van der Waals surface area contributed by atoms with E-state index in [9.17, 15) is 13.2 Å². The lowest BCUT2D eigenvalue weighted by atomic mass is 10.1. The molecule has 0 aliphatic rings. The Morgan fingerprint density at radius 1 is 1.28 bits per heavy atom. The number of aryl methyl sites for hydroxylation is 1. The molecule has 2 nitrogen and oxygen atoms in total. The zero-order valence-corrected chi connectivity index (χ0v) is 10.7. The average Bonchev–Trinajstić information content (AvgIpc) is 2.28. The highest BCUT2D eigenvalue weighted by Gasteiger charge is 2.31. The lowest BCUT2D eigenvalue weighted by molar-refractivity contribution is -0.139. The van der Waals surface area contributed by atoms with E-state index >= 15 is 0 Å². The highest BCUT2D eigenvalue weighted by atomic mass is 19.4. The molecule has 0 saturated heterocycles. The van der Waals surface area contributed by atoms with E-state index in [1.54, 1.807) is 19.2 Å². The van der Waals surface area contributed by atoms with Crippen LogP contribution in [0.2, 0.25) is 0 Å². The standard InChI is InChI=1S/C13H19F3N2/c1-3-10-5-6-11(18-9-10)7-12(17-4-2)8-13(14,15)16/h5-6,9,12,17H,3-4,7-8H2,1-2H3. The second-order valence-electron chi connectivity index (χ2n) is 4.29. The summed E-state index contributed by atoms with van der Waals surface area (Å²) in [6.07, 6.45) is -2.05. The minimum atomic E-state index is -4.14. The minimum absolute atomic E-state index is 0.303. The minimum Gasteiger partial charge on any atom is -0.314 e. The first-order chi connectivity index (χ1) is 8.44. The van der Waals surface area contributed by atoms with Crippen molar-refractivity contribution in [3.05, 3.63) is 29.6 Å². The summed E-state index contributed by atoms with van der Waals surface area (Å²) in [6.45, 7) is 4.34. The van der Waals surface area contributed by atoms with Crippen molar-refractivity contribution in [2.45, 2.75) is 45.3 Å². The average molecular weight is 260 g/mol. The predicted octanol–water partition coefficient (Wildman–Crippen LogP) is 3.12. The van der Waals surface area contributed by atoms with Gasteiger partial charge in [-0.2, -0.15) is 13.2 Å². The van der Waals surface area contributed by atoms with Crippen LogP contribution in [-0.2, 0) is 12.8 Å². The second-order valence-corrected chi connectivity index (χ2v) is 4.29. The molecule has 0 amide bonds. The van der Waals surface area contributed by atoms with Gasteiger partial charge in [0.25, 0.3) is 0 Å². The summed E-state index contributed by atoms with van der Waals surface area (Å²) in [6, 6.07) is 3.12. The molecular formula is C13H19F3N2. The predicted molar refractivity (Wildman–Crippen MR) is 65.5 cm³/mol. The van der Waals surface area contributed by atoms with Gasteiger partial charge in [0.1, 0.15) is 0 Å². The van der Waals surface area contributed by atoms with Crippen molar-refractivity contribution in [3.63, 3.8) is 0 Å². The molecule has 1 aromatic rings. The largest absolute Gasteiger partial charge is 0.390 e.